The summed E-state index contributed by atoms with van der Waals surface area (Å²) in [6.45, 7) is 5.27. The fraction of sp³-hybridized carbons (Fsp3) is 0.458. The molecule has 0 spiro atoms. The van der Waals surface area contributed by atoms with Gasteiger partial charge in [-0.1, -0.05) is 25.1 Å². The lowest BCUT2D eigenvalue weighted by atomic mass is 9.95. The van der Waals surface area contributed by atoms with Crippen LogP contribution >= 0.6 is 0 Å². The number of carbonyl (C=O) groups is 1. The van der Waals surface area contributed by atoms with Gasteiger partial charge in [0.1, 0.15) is 29.1 Å². The number of nitrogens with one attached hydrogen (secondary N) is 1. The molecule has 1 N–H and O–H groups in total. The van der Waals surface area contributed by atoms with Gasteiger partial charge in [0, 0.05) is 17.4 Å². The SMILES string of the molecule is CCS(=O)N[C@@H]1[C@H](Cc2cccc(-c3cc(F)cc(F)c3)c2F)N(C(=O)OC(C)(C)C)CC1(F)F. The molecule has 1 amide bonds. The third-order valence-electron chi connectivity index (χ3n) is 5.45. The zero-order valence-electron chi connectivity index (χ0n) is 19.7. The van der Waals surface area contributed by atoms with Crippen LogP contribution in [0.15, 0.2) is 36.4 Å². The summed E-state index contributed by atoms with van der Waals surface area (Å²) in [4.78, 5) is 13.6. The standard InChI is InChI=1S/C24H27F5N2O3S/c1-5-35(33)30-21-19(31(13-24(21,28)29)22(32)34-23(2,3)4)11-14-7-6-8-18(20(14)27)15-9-16(25)12-17(26)10-15/h6-10,12,19,21,30H,5,11,13H2,1-4H3/t19-,21+,35?/m0/s1. The predicted octanol–water partition coefficient (Wildman–Crippen LogP) is 5.21. The molecule has 0 bridgehead atoms. The van der Waals surface area contributed by atoms with Crippen LogP contribution in [-0.4, -0.2) is 51.1 Å². The topological polar surface area (TPSA) is 58.6 Å². The molecule has 0 aliphatic carbocycles. The van der Waals surface area contributed by atoms with E-state index in [-0.39, 0.29) is 28.9 Å². The predicted molar refractivity (Wildman–Crippen MR) is 123 cm³/mol. The van der Waals surface area contributed by atoms with Crippen LogP contribution in [0.1, 0.15) is 33.3 Å². The Morgan fingerprint density at radius 1 is 1.17 bits per heavy atom. The molecule has 3 atom stereocenters. The molecule has 5 nitrogen and oxygen atoms in total. The molecule has 1 unspecified atom stereocenters. The van der Waals surface area contributed by atoms with E-state index in [0.717, 1.165) is 17.0 Å². The number of benzene rings is 2. The Balaban J connectivity index is 2.02. The molecule has 35 heavy (non-hydrogen) atoms. The van der Waals surface area contributed by atoms with Gasteiger partial charge in [-0.15, -0.1) is 0 Å². The van der Waals surface area contributed by atoms with Crippen LogP contribution in [-0.2, 0) is 22.1 Å². The van der Waals surface area contributed by atoms with Crippen molar-refractivity contribution in [1.82, 2.24) is 9.62 Å². The summed E-state index contributed by atoms with van der Waals surface area (Å²) in [6.07, 6.45) is -1.40. The number of hydrogen-bond acceptors (Lipinski definition) is 3. The Labute approximate surface area is 203 Å². The monoisotopic (exact) mass is 518 g/mol. The smallest absolute Gasteiger partial charge is 0.410 e. The van der Waals surface area contributed by atoms with Gasteiger partial charge in [0.25, 0.3) is 5.92 Å². The first kappa shape index (κ1) is 27.1. The Bertz CT molecular complexity index is 1100. The molecule has 1 aliphatic heterocycles. The van der Waals surface area contributed by atoms with Crippen molar-refractivity contribution in [3.8, 4) is 11.1 Å². The number of likely N-dealkylation sites (tertiary alicyclic amines) is 1. The molecular weight excluding hydrogens is 491 g/mol. The quantitative estimate of drug-likeness (QED) is 0.535. The molecule has 1 aliphatic rings. The van der Waals surface area contributed by atoms with E-state index in [4.69, 9.17) is 4.74 Å². The van der Waals surface area contributed by atoms with E-state index in [1.54, 1.807) is 20.8 Å². The molecule has 1 heterocycles. The Morgan fingerprint density at radius 2 is 1.80 bits per heavy atom. The zero-order chi connectivity index (χ0) is 26.1. The summed E-state index contributed by atoms with van der Waals surface area (Å²) >= 11 is 0. The van der Waals surface area contributed by atoms with Crippen LogP contribution in [0, 0.1) is 17.5 Å². The van der Waals surface area contributed by atoms with Crippen LogP contribution in [0.2, 0.25) is 0 Å². The van der Waals surface area contributed by atoms with E-state index in [9.17, 15) is 17.8 Å². The largest absolute Gasteiger partial charge is 0.444 e. The summed E-state index contributed by atoms with van der Waals surface area (Å²) in [5.41, 5.74) is -1.22. The minimum atomic E-state index is -3.48. The van der Waals surface area contributed by atoms with Crippen LogP contribution < -0.4 is 4.72 Å². The van der Waals surface area contributed by atoms with Crippen molar-refractivity contribution in [2.45, 2.75) is 57.7 Å². The van der Waals surface area contributed by atoms with Crippen molar-refractivity contribution >= 4 is 17.1 Å². The Kier molecular flexibility index (Phi) is 7.90. The van der Waals surface area contributed by atoms with Gasteiger partial charge in [-0.05, 0) is 50.5 Å². The number of alkyl halides is 2. The number of carbonyl (C=O) groups excluding carboxylic acids is 1. The maximum Gasteiger partial charge on any atom is 0.410 e. The minimum absolute atomic E-state index is 0.0424. The molecule has 2 aromatic carbocycles. The van der Waals surface area contributed by atoms with Crippen LogP contribution in [0.25, 0.3) is 11.1 Å². The first-order valence-corrected chi connectivity index (χ1v) is 12.3. The fourth-order valence-electron chi connectivity index (χ4n) is 3.94. The highest BCUT2D eigenvalue weighted by molar-refractivity contribution is 7.83. The van der Waals surface area contributed by atoms with Crippen molar-refractivity contribution in [3.63, 3.8) is 0 Å². The van der Waals surface area contributed by atoms with E-state index in [1.807, 2.05) is 0 Å². The summed E-state index contributed by atoms with van der Waals surface area (Å²) in [5.74, 6) is -6.11. The second-order valence-corrected chi connectivity index (χ2v) is 10.8. The Morgan fingerprint density at radius 3 is 2.37 bits per heavy atom. The number of rotatable bonds is 6. The average molecular weight is 519 g/mol. The molecule has 2 aromatic rings. The molecule has 3 rings (SSSR count). The number of halogens is 5. The van der Waals surface area contributed by atoms with Crippen LogP contribution in [0.3, 0.4) is 0 Å². The molecule has 0 saturated carbocycles. The van der Waals surface area contributed by atoms with Crippen LogP contribution in [0.5, 0.6) is 0 Å². The number of amides is 1. The van der Waals surface area contributed by atoms with E-state index < -0.39 is 64.7 Å². The van der Waals surface area contributed by atoms with Crippen molar-refractivity contribution in [2.24, 2.45) is 0 Å². The minimum Gasteiger partial charge on any atom is -0.444 e. The maximum absolute atomic E-state index is 15.5. The van der Waals surface area contributed by atoms with Crippen molar-refractivity contribution in [2.75, 3.05) is 12.3 Å². The Hall–Kier alpha value is -2.53. The molecule has 0 aromatic heterocycles. The lowest BCUT2D eigenvalue weighted by Gasteiger charge is -2.30. The van der Waals surface area contributed by atoms with Crippen LogP contribution in [0.4, 0.5) is 26.7 Å². The summed E-state index contributed by atoms with van der Waals surface area (Å²) in [5, 5.41) is 0. The number of nitrogens with zero attached hydrogens (tertiary/aromatic N) is 1. The third kappa shape index (κ3) is 6.38. The van der Waals surface area contributed by atoms with Gasteiger partial charge in [0.05, 0.1) is 23.6 Å². The highest BCUT2D eigenvalue weighted by Gasteiger charge is 2.57. The zero-order valence-corrected chi connectivity index (χ0v) is 20.5. The lowest BCUT2D eigenvalue weighted by molar-refractivity contribution is -0.0120. The first-order chi connectivity index (χ1) is 16.2. The second-order valence-electron chi connectivity index (χ2n) is 9.31. The summed E-state index contributed by atoms with van der Waals surface area (Å²) in [6, 6.07) is 3.57. The summed E-state index contributed by atoms with van der Waals surface area (Å²) < 4.78 is 92.7. The molecule has 11 heteroatoms. The normalized spacial score (nSPS) is 20.7. The highest BCUT2D eigenvalue weighted by Crippen LogP contribution is 2.37. The number of hydrogen-bond donors (Lipinski definition) is 1. The number of ether oxygens (including phenoxy) is 1. The molecule has 0 radical (unpaired) electrons. The van der Waals surface area contributed by atoms with E-state index >= 15 is 13.2 Å². The van der Waals surface area contributed by atoms with E-state index in [2.05, 4.69) is 4.72 Å². The third-order valence-corrected chi connectivity index (χ3v) is 6.49. The van der Waals surface area contributed by atoms with Gasteiger partial charge < -0.3 is 4.74 Å². The van der Waals surface area contributed by atoms with Crippen molar-refractivity contribution in [1.29, 1.82) is 0 Å². The fourth-order valence-corrected chi connectivity index (χ4v) is 4.72. The van der Waals surface area contributed by atoms with E-state index in [1.165, 1.54) is 25.1 Å². The molecule has 1 saturated heterocycles. The van der Waals surface area contributed by atoms with Gasteiger partial charge in [0.2, 0.25) is 0 Å². The maximum atomic E-state index is 15.5. The van der Waals surface area contributed by atoms with Gasteiger partial charge in [-0.2, -0.15) is 0 Å². The average Bonchev–Trinajstić information content (AvgIpc) is 2.97. The van der Waals surface area contributed by atoms with Gasteiger partial charge >= 0.3 is 6.09 Å². The van der Waals surface area contributed by atoms with E-state index in [0.29, 0.717) is 6.07 Å². The second kappa shape index (κ2) is 10.2. The van der Waals surface area contributed by atoms with Crippen molar-refractivity contribution < 1.29 is 35.7 Å². The highest BCUT2D eigenvalue weighted by atomic mass is 32.2. The van der Waals surface area contributed by atoms with Gasteiger partial charge in [-0.25, -0.2) is 35.7 Å². The molecule has 1 fully saturated rings. The van der Waals surface area contributed by atoms with Gasteiger partial charge in [-0.3, -0.25) is 4.90 Å². The van der Waals surface area contributed by atoms with Crippen molar-refractivity contribution in [3.05, 3.63) is 59.4 Å². The van der Waals surface area contributed by atoms with Gasteiger partial charge in [0.15, 0.2) is 0 Å². The summed E-state index contributed by atoms with van der Waals surface area (Å²) in [7, 11) is -1.82. The lowest BCUT2D eigenvalue weighted by Crippen LogP contribution is -2.51. The first-order valence-electron chi connectivity index (χ1n) is 11.0. The molecular formula is C24H27F5N2O3S. The molecule has 192 valence electrons.